The summed E-state index contributed by atoms with van der Waals surface area (Å²) < 4.78 is 1.72. The van der Waals surface area contributed by atoms with Crippen molar-refractivity contribution in [2.75, 3.05) is 0 Å². The largest absolute Gasteiger partial charge is 0.390 e. The molecule has 0 aromatic carbocycles. The Labute approximate surface area is 73.5 Å². The van der Waals surface area contributed by atoms with Crippen LogP contribution in [0.15, 0.2) is 18.6 Å². The molecule has 0 aliphatic rings. The second-order valence-corrected chi connectivity index (χ2v) is 2.71. The summed E-state index contributed by atoms with van der Waals surface area (Å²) in [7, 11) is 0. The first kappa shape index (κ1) is 7.52. The molecule has 0 saturated carbocycles. The minimum atomic E-state index is -0.152. The third-order valence-corrected chi connectivity index (χ3v) is 1.75. The van der Waals surface area contributed by atoms with Crippen LogP contribution in [-0.4, -0.2) is 19.5 Å². The first-order chi connectivity index (χ1) is 5.81. The highest BCUT2D eigenvalue weighted by Gasteiger charge is 2.03. The third-order valence-electron chi connectivity index (χ3n) is 1.56. The smallest absolute Gasteiger partial charge is 0.161 e. The Morgan fingerprint density at radius 1 is 1.58 bits per heavy atom. The Morgan fingerprint density at radius 3 is 3.17 bits per heavy atom. The minimum absolute atomic E-state index is 0.152. The van der Waals surface area contributed by atoms with Gasteiger partial charge in [-0.1, -0.05) is 11.6 Å². The zero-order valence-electron chi connectivity index (χ0n) is 6.11. The molecule has 0 spiro atoms. The zero-order valence-corrected chi connectivity index (χ0v) is 6.86. The molecule has 0 bridgehead atoms. The molecule has 0 aliphatic heterocycles. The van der Waals surface area contributed by atoms with Gasteiger partial charge >= 0.3 is 0 Å². The summed E-state index contributed by atoms with van der Waals surface area (Å²) in [6.07, 6.45) is 5.03. The number of hydrogen-bond acceptors (Lipinski definition) is 3. The predicted molar refractivity (Wildman–Crippen MR) is 43.9 cm³/mol. The van der Waals surface area contributed by atoms with Crippen molar-refractivity contribution in [3.63, 3.8) is 0 Å². The van der Waals surface area contributed by atoms with E-state index in [1.165, 1.54) is 0 Å². The van der Waals surface area contributed by atoms with E-state index in [9.17, 15) is 0 Å². The maximum atomic E-state index is 8.90. The fraction of sp³-hybridized carbons (Fsp3) is 0.143. The van der Waals surface area contributed by atoms with Crippen molar-refractivity contribution < 1.29 is 5.11 Å². The van der Waals surface area contributed by atoms with Gasteiger partial charge in [0.25, 0.3) is 0 Å². The molecule has 1 N–H and O–H groups in total. The molecule has 0 atom stereocenters. The Kier molecular flexibility index (Phi) is 1.71. The van der Waals surface area contributed by atoms with E-state index < -0.39 is 0 Å². The van der Waals surface area contributed by atoms with Gasteiger partial charge in [0.1, 0.15) is 10.8 Å². The molecule has 2 aromatic rings. The zero-order chi connectivity index (χ0) is 8.55. The van der Waals surface area contributed by atoms with E-state index in [4.69, 9.17) is 16.7 Å². The van der Waals surface area contributed by atoms with Crippen LogP contribution in [0.5, 0.6) is 0 Å². The highest BCUT2D eigenvalue weighted by atomic mass is 35.5. The topological polar surface area (TPSA) is 50.4 Å². The fourth-order valence-electron chi connectivity index (χ4n) is 1.07. The molecule has 0 saturated heterocycles. The van der Waals surface area contributed by atoms with E-state index in [1.807, 2.05) is 0 Å². The number of halogens is 1. The van der Waals surface area contributed by atoms with Crippen LogP contribution in [0.25, 0.3) is 5.65 Å². The van der Waals surface area contributed by atoms with Gasteiger partial charge in [0.05, 0.1) is 6.61 Å². The van der Waals surface area contributed by atoms with Crippen molar-refractivity contribution in [2.24, 2.45) is 0 Å². The molecule has 2 rings (SSSR count). The lowest BCUT2D eigenvalue weighted by atomic mass is 10.4. The summed E-state index contributed by atoms with van der Waals surface area (Å²) in [6.45, 7) is -0.152. The number of nitrogens with zero attached hydrogens (tertiary/aromatic N) is 3. The van der Waals surface area contributed by atoms with Crippen LogP contribution in [-0.2, 0) is 6.61 Å². The summed E-state index contributed by atoms with van der Waals surface area (Å²) in [4.78, 5) is 7.94. The van der Waals surface area contributed by atoms with Gasteiger partial charge in [0.15, 0.2) is 5.65 Å². The van der Waals surface area contributed by atoms with Gasteiger partial charge in [0, 0.05) is 18.6 Å². The molecule has 5 heteroatoms. The lowest BCUT2D eigenvalue weighted by molar-refractivity contribution is 0.278. The molecule has 0 unspecified atom stereocenters. The molecular formula is C7H6ClN3O. The molecule has 4 nitrogen and oxygen atoms in total. The number of rotatable bonds is 1. The Hall–Kier alpha value is -1.13. The Bertz CT molecular complexity index is 412. The van der Waals surface area contributed by atoms with Gasteiger partial charge in [-0.25, -0.2) is 9.97 Å². The van der Waals surface area contributed by atoms with Crippen molar-refractivity contribution in [1.82, 2.24) is 14.4 Å². The number of fused-ring (bicyclic) bond motifs is 1. The van der Waals surface area contributed by atoms with E-state index in [-0.39, 0.29) is 6.61 Å². The summed E-state index contributed by atoms with van der Waals surface area (Å²) in [5, 5.41) is 9.26. The monoisotopic (exact) mass is 183 g/mol. The van der Waals surface area contributed by atoms with Gasteiger partial charge in [0.2, 0.25) is 0 Å². The van der Waals surface area contributed by atoms with Crippen molar-refractivity contribution in [3.8, 4) is 0 Å². The minimum Gasteiger partial charge on any atom is -0.390 e. The van der Waals surface area contributed by atoms with Gasteiger partial charge in [-0.05, 0) is 0 Å². The van der Waals surface area contributed by atoms with Crippen LogP contribution in [0.3, 0.4) is 0 Å². The standard InChI is InChI=1S/C7H6ClN3O/c8-6-3-11-2-1-9-7(11)5(4-12)10-6/h1-3,12H,4H2. The Balaban J connectivity index is 2.80. The van der Waals surface area contributed by atoms with Crippen molar-refractivity contribution in [1.29, 1.82) is 0 Å². The summed E-state index contributed by atoms with van der Waals surface area (Å²) in [5.74, 6) is 0. The van der Waals surface area contributed by atoms with Crippen LogP contribution in [0.2, 0.25) is 5.15 Å². The average Bonchev–Trinajstić information content (AvgIpc) is 2.50. The highest BCUT2D eigenvalue weighted by molar-refractivity contribution is 6.29. The second kappa shape index (κ2) is 2.73. The molecule has 0 aliphatic carbocycles. The van der Waals surface area contributed by atoms with Crippen LogP contribution in [0, 0.1) is 0 Å². The van der Waals surface area contributed by atoms with E-state index in [0.717, 1.165) is 0 Å². The number of aliphatic hydroxyl groups is 1. The molecule has 0 fully saturated rings. The van der Waals surface area contributed by atoms with E-state index in [1.54, 1.807) is 23.0 Å². The van der Waals surface area contributed by atoms with Crippen molar-refractivity contribution in [2.45, 2.75) is 6.61 Å². The normalized spacial score (nSPS) is 10.8. The number of aliphatic hydroxyl groups excluding tert-OH is 1. The first-order valence-electron chi connectivity index (χ1n) is 3.40. The average molecular weight is 184 g/mol. The molecule has 12 heavy (non-hydrogen) atoms. The maximum Gasteiger partial charge on any atom is 0.161 e. The molecule has 0 radical (unpaired) electrons. The number of aromatic nitrogens is 3. The van der Waals surface area contributed by atoms with Gasteiger partial charge in [-0.15, -0.1) is 0 Å². The number of hydrogen-bond donors (Lipinski definition) is 1. The molecule has 62 valence electrons. The van der Waals surface area contributed by atoms with Gasteiger partial charge in [-0.3, -0.25) is 0 Å². The Morgan fingerprint density at radius 2 is 2.42 bits per heavy atom. The van der Waals surface area contributed by atoms with E-state index >= 15 is 0 Å². The lowest BCUT2D eigenvalue weighted by Crippen LogP contribution is -1.96. The quantitative estimate of drug-likeness (QED) is 0.714. The van der Waals surface area contributed by atoms with E-state index in [0.29, 0.717) is 16.5 Å². The predicted octanol–water partition coefficient (Wildman–Crippen LogP) is 0.875. The highest BCUT2D eigenvalue weighted by Crippen LogP contribution is 2.11. The van der Waals surface area contributed by atoms with Crippen molar-refractivity contribution >= 4 is 17.2 Å². The van der Waals surface area contributed by atoms with Crippen LogP contribution in [0.4, 0.5) is 0 Å². The fourth-order valence-corrected chi connectivity index (χ4v) is 1.28. The van der Waals surface area contributed by atoms with Crippen molar-refractivity contribution in [3.05, 3.63) is 29.4 Å². The molecular weight excluding hydrogens is 178 g/mol. The third kappa shape index (κ3) is 1.05. The van der Waals surface area contributed by atoms with Gasteiger partial charge in [-0.2, -0.15) is 0 Å². The summed E-state index contributed by atoms with van der Waals surface area (Å²) in [6, 6.07) is 0. The molecule has 2 heterocycles. The van der Waals surface area contributed by atoms with Crippen LogP contribution >= 0.6 is 11.6 Å². The lowest BCUT2D eigenvalue weighted by Gasteiger charge is -1.99. The van der Waals surface area contributed by atoms with Crippen LogP contribution < -0.4 is 0 Å². The van der Waals surface area contributed by atoms with E-state index in [2.05, 4.69) is 9.97 Å². The maximum absolute atomic E-state index is 8.90. The second-order valence-electron chi connectivity index (χ2n) is 2.33. The molecule has 2 aromatic heterocycles. The number of imidazole rings is 1. The SMILES string of the molecule is OCc1nc(Cl)cn2ccnc12. The van der Waals surface area contributed by atoms with Crippen LogP contribution in [0.1, 0.15) is 5.69 Å². The molecule has 0 amide bonds. The summed E-state index contributed by atoms with van der Waals surface area (Å²) >= 11 is 5.69. The van der Waals surface area contributed by atoms with Gasteiger partial charge < -0.3 is 9.51 Å². The summed E-state index contributed by atoms with van der Waals surface area (Å²) in [5.41, 5.74) is 1.13. The first-order valence-corrected chi connectivity index (χ1v) is 3.78.